The number of rotatable bonds is 5. The molecule has 0 atom stereocenters. The zero-order valence-corrected chi connectivity index (χ0v) is 25.9. The Morgan fingerprint density at radius 1 is 0.676 bits per heavy atom. The second kappa shape index (κ2) is 10.8. The Bertz CT molecular complexity index is 1200. The summed E-state index contributed by atoms with van der Waals surface area (Å²) in [6.07, 6.45) is 0.963. The van der Waals surface area contributed by atoms with E-state index >= 15 is 0 Å². The fraction of sp³-hybridized carbons (Fsp3) is 0.464. The van der Waals surface area contributed by atoms with Gasteiger partial charge in [-0.15, -0.1) is 13.8 Å². The van der Waals surface area contributed by atoms with Crippen molar-refractivity contribution in [2.45, 2.75) is 82.6 Å². The van der Waals surface area contributed by atoms with Gasteiger partial charge >= 0.3 is 0 Å². The van der Waals surface area contributed by atoms with Gasteiger partial charge in [-0.25, -0.2) is 4.98 Å². The number of nitrogens with zero attached hydrogens (tertiary/aromatic N) is 5. The third-order valence-corrected chi connectivity index (χ3v) is 7.42. The van der Waals surface area contributed by atoms with Crippen LogP contribution in [0.25, 0.3) is 11.4 Å². The summed E-state index contributed by atoms with van der Waals surface area (Å²) >= 11 is 0. The Balaban J connectivity index is 0.00000408. The van der Waals surface area contributed by atoms with Crippen LogP contribution in [0.5, 0.6) is 0 Å². The first-order valence-electron chi connectivity index (χ1n) is 11.7. The van der Waals surface area contributed by atoms with Gasteiger partial charge < -0.3 is 4.90 Å². The molecule has 179 valence electrons. The van der Waals surface area contributed by atoms with Gasteiger partial charge in [-0.05, 0) is 88.8 Å². The summed E-state index contributed by atoms with van der Waals surface area (Å²) in [5.41, 5.74) is 13.1. The zero-order valence-electron chi connectivity index (χ0n) is 23.0. The van der Waals surface area contributed by atoms with E-state index in [1.807, 2.05) is 6.92 Å². The van der Waals surface area contributed by atoms with Crippen LogP contribution in [-0.2, 0) is 32.7 Å². The molecular weight excluding hydrogens is 495 g/mol. The summed E-state index contributed by atoms with van der Waals surface area (Å²) in [5.74, 6) is 3.36. The van der Waals surface area contributed by atoms with Crippen LogP contribution in [-0.4, -0.2) is 27.0 Å². The maximum Gasteiger partial charge on any atom is 0.233 e. The van der Waals surface area contributed by atoms with Crippen LogP contribution in [0.2, 0.25) is 0 Å². The van der Waals surface area contributed by atoms with Gasteiger partial charge in [0.1, 0.15) is 11.6 Å². The second-order valence-corrected chi connectivity index (χ2v) is 9.34. The van der Waals surface area contributed by atoms with Crippen LogP contribution in [0.3, 0.4) is 0 Å². The number of anilines is 2. The SMILES string of the molecule is CC[C-](C)c1nc(C)c(C)c(-c2nc(C)nc(N(C)c3c(C)c(C)c(C)c(C)c3C)n2)c1C.[Y]. The molecule has 0 amide bonds. The van der Waals surface area contributed by atoms with Gasteiger partial charge in [0.25, 0.3) is 0 Å². The molecule has 1 radical (unpaired) electrons. The van der Waals surface area contributed by atoms with Gasteiger partial charge in [-0.3, -0.25) is 4.98 Å². The van der Waals surface area contributed by atoms with Crippen LogP contribution in [0.15, 0.2) is 0 Å². The Morgan fingerprint density at radius 2 is 1.21 bits per heavy atom. The van der Waals surface area contributed by atoms with Crippen molar-refractivity contribution in [2.24, 2.45) is 0 Å². The summed E-state index contributed by atoms with van der Waals surface area (Å²) in [4.78, 5) is 21.5. The molecule has 0 saturated carbocycles. The van der Waals surface area contributed by atoms with E-state index in [4.69, 9.17) is 19.9 Å². The molecule has 0 saturated heterocycles. The van der Waals surface area contributed by atoms with E-state index in [9.17, 15) is 0 Å². The van der Waals surface area contributed by atoms with Crippen molar-refractivity contribution in [3.63, 3.8) is 0 Å². The molecule has 0 spiro atoms. The molecular formula is C28H38N5Y-. The molecule has 5 nitrogen and oxygen atoms in total. The van der Waals surface area contributed by atoms with Crippen molar-refractivity contribution in [1.82, 2.24) is 19.9 Å². The van der Waals surface area contributed by atoms with E-state index in [1.165, 1.54) is 39.4 Å². The average Bonchev–Trinajstić information content (AvgIpc) is 2.78. The van der Waals surface area contributed by atoms with Crippen molar-refractivity contribution in [1.29, 1.82) is 0 Å². The summed E-state index contributed by atoms with van der Waals surface area (Å²) in [7, 11) is 2.06. The Kier molecular flexibility index (Phi) is 9.04. The smallest absolute Gasteiger partial charge is 0.233 e. The third kappa shape index (κ3) is 4.92. The molecule has 0 unspecified atom stereocenters. The molecule has 1 aromatic carbocycles. The fourth-order valence-corrected chi connectivity index (χ4v) is 4.65. The number of hydrogen-bond donors (Lipinski definition) is 0. The summed E-state index contributed by atoms with van der Waals surface area (Å²) < 4.78 is 0. The van der Waals surface area contributed by atoms with Crippen LogP contribution >= 0.6 is 0 Å². The molecule has 0 fully saturated rings. The number of benzene rings is 1. The predicted molar refractivity (Wildman–Crippen MR) is 139 cm³/mol. The van der Waals surface area contributed by atoms with Crippen molar-refractivity contribution in [3.05, 3.63) is 62.1 Å². The van der Waals surface area contributed by atoms with Crippen molar-refractivity contribution in [2.75, 3.05) is 11.9 Å². The molecule has 3 aromatic rings. The molecule has 2 heterocycles. The van der Waals surface area contributed by atoms with Gasteiger partial charge in [-0.1, -0.05) is 24.6 Å². The first-order valence-corrected chi connectivity index (χ1v) is 11.7. The summed E-state index contributed by atoms with van der Waals surface area (Å²) in [6, 6.07) is 0. The molecule has 0 bridgehead atoms. The van der Waals surface area contributed by atoms with E-state index < -0.39 is 0 Å². The number of aromatic nitrogens is 4. The monoisotopic (exact) mass is 533 g/mol. The molecule has 0 N–H and O–H groups in total. The van der Waals surface area contributed by atoms with Gasteiger partial charge in [0.2, 0.25) is 5.95 Å². The van der Waals surface area contributed by atoms with Crippen LogP contribution < -0.4 is 4.90 Å². The van der Waals surface area contributed by atoms with Gasteiger partial charge in [-0.2, -0.15) is 21.4 Å². The summed E-state index contributed by atoms with van der Waals surface area (Å²) in [5, 5.41) is 0. The topological polar surface area (TPSA) is 54.8 Å². The molecule has 6 heteroatoms. The fourth-order valence-electron chi connectivity index (χ4n) is 4.65. The molecule has 3 rings (SSSR count). The summed E-state index contributed by atoms with van der Waals surface area (Å²) in [6.45, 7) is 23.5. The van der Waals surface area contributed by atoms with E-state index in [0.29, 0.717) is 17.6 Å². The zero-order chi connectivity index (χ0) is 24.8. The van der Waals surface area contributed by atoms with E-state index in [-0.39, 0.29) is 32.7 Å². The van der Waals surface area contributed by atoms with Crippen LogP contribution in [0.4, 0.5) is 11.6 Å². The van der Waals surface area contributed by atoms with Gasteiger partial charge in [0.05, 0.1) is 0 Å². The predicted octanol–water partition coefficient (Wildman–Crippen LogP) is 6.83. The minimum absolute atomic E-state index is 0. The molecule has 34 heavy (non-hydrogen) atoms. The van der Waals surface area contributed by atoms with Crippen LogP contribution in [0, 0.1) is 68.2 Å². The van der Waals surface area contributed by atoms with E-state index in [1.54, 1.807) is 0 Å². The van der Waals surface area contributed by atoms with E-state index in [0.717, 1.165) is 34.5 Å². The molecule has 0 aliphatic heterocycles. The van der Waals surface area contributed by atoms with Crippen molar-refractivity contribution >= 4 is 11.6 Å². The van der Waals surface area contributed by atoms with Crippen LogP contribution in [0.1, 0.15) is 76.4 Å². The minimum Gasteiger partial charge on any atom is -0.313 e. The van der Waals surface area contributed by atoms with Gasteiger partial charge in [0.15, 0.2) is 0 Å². The van der Waals surface area contributed by atoms with E-state index in [2.05, 4.69) is 81.2 Å². The second-order valence-electron chi connectivity index (χ2n) is 9.34. The number of hydrogen-bond acceptors (Lipinski definition) is 5. The standard InChI is InChI=1S/C28H38N5.Y/c1-13-14(2)25-21(9)24(20(8)22(10)29-25)27-30-23(11)31-28(32-27)33(12)26-18(6)16(4)15(3)17(5)19(26)7;/h13H2,1-12H3;/q-1;. The van der Waals surface area contributed by atoms with Crippen molar-refractivity contribution in [3.8, 4) is 11.4 Å². The molecule has 0 aliphatic rings. The Labute approximate surface area is 231 Å². The maximum absolute atomic E-state index is 5.00. The minimum atomic E-state index is 0. The van der Waals surface area contributed by atoms with Gasteiger partial charge in [0, 0.05) is 51.1 Å². The Morgan fingerprint density at radius 3 is 1.74 bits per heavy atom. The van der Waals surface area contributed by atoms with Crippen molar-refractivity contribution < 1.29 is 32.7 Å². The molecule has 2 aromatic heterocycles. The number of aryl methyl sites for hydroxylation is 2. The third-order valence-electron chi connectivity index (χ3n) is 7.42. The largest absolute Gasteiger partial charge is 0.313 e. The Hall–Kier alpha value is -1.85. The maximum atomic E-state index is 5.00. The quantitative estimate of drug-likeness (QED) is 0.337. The first kappa shape index (κ1) is 28.4. The molecule has 0 aliphatic carbocycles. The first-order chi connectivity index (χ1) is 15.4. The average molecular weight is 534 g/mol. The normalized spacial score (nSPS) is 10.8. The number of pyridine rings is 1.